The Bertz CT molecular complexity index is 436. The van der Waals surface area contributed by atoms with Gasteiger partial charge in [0.15, 0.2) is 0 Å². The summed E-state index contributed by atoms with van der Waals surface area (Å²) in [4.78, 5) is 15.2. The second kappa shape index (κ2) is 7.91. The van der Waals surface area contributed by atoms with Crippen LogP contribution in [0.3, 0.4) is 0 Å². The molecule has 0 bridgehead atoms. The largest absolute Gasteiger partial charge is 0.396 e. The van der Waals surface area contributed by atoms with Crippen molar-refractivity contribution < 1.29 is 9.90 Å². The van der Waals surface area contributed by atoms with Gasteiger partial charge in [0.05, 0.1) is 5.75 Å². The third-order valence-corrected chi connectivity index (χ3v) is 4.83. The van der Waals surface area contributed by atoms with E-state index in [9.17, 15) is 4.79 Å². The minimum Gasteiger partial charge on any atom is -0.396 e. The molecule has 0 radical (unpaired) electrons. The van der Waals surface area contributed by atoms with Crippen molar-refractivity contribution in [2.24, 2.45) is 5.92 Å². The predicted octanol–water partition coefficient (Wildman–Crippen LogP) is 3.05. The molecule has 1 aromatic carbocycles. The van der Waals surface area contributed by atoms with Gasteiger partial charge in [0.25, 0.3) is 0 Å². The Morgan fingerprint density at radius 1 is 1.40 bits per heavy atom. The summed E-state index contributed by atoms with van der Waals surface area (Å²) < 4.78 is 0. The van der Waals surface area contributed by atoms with Gasteiger partial charge in [-0.05, 0) is 49.4 Å². The van der Waals surface area contributed by atoms with Crippen molar-refractivity contribution >= 4 is 29.3 Å². The van der Waals surface area contributed by atoms with Gasteiger partial charge in [-0.1, -0.05) is 11.6 Å². The molecule has 20 heavy (non-hydrogen) atoms. The average Bonchev–Trinajstić information content (AvgIpc) is 2.47. The SMILES string of the molecule is O=C(CSc1ccc(Cl)cc1)N1CCCC(CCO)C1. The second-order valence-electron chi connectivity index (χ2n) is 5.10. The van der Waals surface area contributed by atoms with E-state index in [0.717, 1.165) is 37.2 Å². The van der Waals surface area contributed by atoms with E-state index in [1.807, 2.05) is 29.2 Å². The van der Waals surface area contributed by atoms with Crippen LogP contribution in [-0.2, 0) is 4.79 Å². The molecule has 1 aromatic rings. The van der Waals surface area contributed by atoms with Gasteiger partial charge in [0.1, 0.15) is 0 Å². The zero-order valence-corrected chi connectivity index (χ0v) is 13.0. The molecule has 1 heterocycles. The highest BCUT2D eigenvalue weighted by molar-refractivity contribution is 8.00. The minimum atomic E-state index is 0.188. The van der Waals surface area contributed by atoms with E-state index in [2.05, 4.69) is 0 Å². The maximum Gasteiger partial charge on any atom is 0.232 e. The van der Waals surface area contributed by atoms with Crippen LogP contribution in [0.15, 0.2) is 29.2 Å². The first-order chi connectivity index (χ1) is 9.69. The molecule has 5 heteroatoms. The topological polar surface area (TPSA) is 40.5 Å². The van der Waals surface area contributed by atoms with Gasteiger partial charge in [-0.3, -0.25) is 4.79 Å². The number of likely N-dealkylation sites (tertiary alicyclic amines) is 1. The molecule has 1 saturated heterocycles. The van der Waals surface area contributed by atoms with Crippen LogP contribution in [0.5, 0.6) is 0 Å². The molecular weight excluding hydrogens is 294 g/mol. The van der Waals surface area contributed by atoms with Gasteiger partial charge in [-0.25, -0.2) is 0 Å². The van der Waals surface area contributed by atoms with Crippen molar-refractivity contribution in [1.82, 2.24) is 4.90 Å². The fourth-order valence-electron chi connectivity index (χ4n) is 2.48. The maximum atomic E-state index is 12.2. The third-order valence-electron chi connectivity index (χ3n) is 3.58. The van der Waals surface area contributed by atoms with E-state index >= 15 is 0 Å². The van der Waals surface area contributed by atoms with E-state index in [0.29, 0.717) is 16.7 Å². The fourth-order valence-corrected chi connectivity index (χ4v) is 3.40. The van der Waals surface area contributed by atoms with Gasteiger partial charge >= 0.3 is 0 Å². The molecule has 0 saturated carbocycles. The zero-order chi connectivity index (χ0) is 14.4. The van der Waals surface area contributed by atoms with Crippen LogP contribution < -0.4 is 0 Å². The summed E-state index contributed by atoms with van der Waals surface area (Å²) in [5, 5.41) is 9.71. The van der Waals surface area contributed by atoms with Gasteiger partial charge in [-0.2, -0.15) is 0 Å². The monoisotopic (exact) mass is 313 g/mol. The number of hydrogen-bond donors (Lipinski definition) is 1. The predicted molar refractivity (Wildman–Crippen MR) is 83.2 cm³/mol. The van der Waals surface area contributed by atoms with Crippen molar-refractivity contribution in [1.29, 1.82) is 0 Å². The molecule has 1 fully saturated rings. The van der Waals surface area contributed by atoms with Crippen molar-refractivity contribution in [3.8, 4) is 0 Å². The molecule has 1 amide bonds. The standard InChI is InChI=1S/C15H20ClNO2S/c16-13-3-5-14(6-4-13)20-11-15(19)17-8-1-2-12(10-17)7-9-18/h3-6,12,18H,1-2,7-11H2. The first-order valence-corrected chi connectivity index (χ1v) is 8.32. The highest BCUT2D eigenvalue weighted by atomic mass is 35.5. The summed E-state index contributed by atoms with van der Waals surface area (Å²) in [6.45, 7) is 1.86. The number of carbonyl (C=O) groups excluding carboxylic acids is 1. The highest BCUT2D eigenvalue weighted by Crippen LogP contribution is 2.23. The normalized spacial score (nSPS) is 19.1. The van der Waals surface area contributed by atoms with Crippen LogP contribution >= 0.6 is 23.4 Å². The van der Waals surface area contributed by atoms with Gasteiger partial charge in [0, 0.05) is 29.6 Å². The average molecular weight is 314 g/mol. The number of amides is 1. The number of piperidine rings is 1. The molecule has 1 N–H and O–H groups in total. The molecule has 3 nitrogen and oxygen atoms in total. The van der Waals surface area contributed by atoms with Crippen LogP contribution in [0, 0.1) is 5.92 Å². The lowest BCUT2D eigenvalue weighted by Gasteiger charge is -2.32. The molecular formula is C15H20ClNO2S. The number of nitrogens with zero attached hydrogens (tertiary/aromatic N) is 1. The number of benzene rings is 1. The smallest absolute Gasteiger partial charge is 0.232 e. The molecule has 0 aromatic heterocycles. The summed E-state index contributed by atoms with van der Waals surface area (Å²) in [7, 11) is 0. The molecule has 0 aliphatic carbocycles. The van der Waals surface area contributed by atoms with Crippen LogP contribution in [0.4, 0.5) is 0 Å². The lowest BCUT2D eigenvalue weighted by Crippen LogP contribution is -2.41. The van der Waals surface area contributed by atoms with Crippen molar-refractivity contribution in [2.45, 2.75) is 24.2 Å². The van der Waals surface area contributed by atoms with Crippen LogP contribution in [0.1, 0.15) is 19.3 Å². The van der Waals surface area contributed by atoms with E-state index in [1.54, 1.807) is 11.8 Å². The number of carbonyl (C=O) groups is 1. The van der Waals surface area contributed by atoms with Crippen molar-refractivity contribution in [3.63, 3.8) is 0 Å². The quantitative estimate of drug-likeness (QED) is 0.849. The number of halogens is 1. The van der Waals surface area contributed by atoms with E-state index < -0.39 is 0 Å². The van der Waals surface area contributed by atoms with Crippen LogP contribution in [0.25, 0.3) is 0 Å². The van der Waals surface area contributed by atoms with Gasteiger partial charge in [-0.15, -0.1) is 11.8 Å². The lowest BCUT2D eigenvalue weighted by molar-refractivity contribution is -0.130. The molecule has 110 valence electrons. The molecule has 1 unspecified atom stereocenters. The first-order valence-electron chi connectivity index (χ1n) is 6.96. The lowest BCUT2D eigenvalue weighted by atomic mass is 9.95. The Morgan fingerprint density at radius 3 is 2.85 bits per heavy atom. The third kappa shape index (κ3) is 4.69. The summed E-state index contributed by atoms with van der Waals surface area (Å²) in [5.74, 6) is 1.11. The minimum absolute atomic E-state index is 0.188. The molecule has 0 spiro atoms. The van der Waals surface area contributed by atoms with Crippen molar-refractivity contribution in [2.75, 3.05) is 25.4 Å². The van der Waals surface area contributed by atoms with Gasteiger partial charge < -0.3 is 10.0 Å². The molecule has 1 aliphatic rings. The Kier molecular flexibility index (Phi) is 6.20. The number of aliphatic hydroxyl groups excluding tert-OH is 1. The van der Waals surface area contributed by atoms with Crippen LogP contribution in [0.2, 0.25) is 5.02 Å². The first kappa shape index (κ1) is 15.7. The van der Waals surface area contributed by atoms with Crippen molar-refractivity contribution in [3.05, 3.63) is 29.3 Å². The Morgan fingerprint density at radius 2 is 2.15 bits per heavy atom. The number of aliphatic hydroxyl groups is 1. The van der Waals surface area contributed by atoms with E-state index in [1.165, 1.54) is 0 Å². The van der Waals surface area contributed by atoms with E-state index in [4.69, 9.17) is 16.7 Å². The summed E-state index contributed by atoms with van der Waals surface area (Å²) in [6, 6.07) is 7.55. The number of rotatable bonds is 5. The highest BCUT2D eigenvalue weighted by Gasteiger charge is 2.23. The maximum absolute atomic E-state index is 12.2. The summed E-state index contributed by atoms with van der Waals surface area (Å²) >= 11 is 7.38. The number of hydrogen-bond acceptors (Lipinski definition) is 3. The number of thioether (sulfide) groups is 1. The molecule has 1 aliphatic heterocycles. The summed E-state index contributed by atoms with van der Waals surface area (Å²) in [5.41, 5.74) is 0. The Balaban J connectivity index is 1.80. The Hall–Kier alpha value is -0.710. The molecule has 1 atom stereocenters. The van der Waals surface area contributed by atoms with Crippen LogP contribution in [-0.4, -0.2) is 41.4 Å². The van der Waals surface area contributed by atoms with E-state index in [-0.39, 0.29) is 12.5 Å². The van der Waals surface area contributed by atoms with Gasteiger partial charge in [0.2, 0.25) is 5.91 Å². The fraction of sp³-hybridized carbons (Fsp3) is 0.533. The second-order valence-corrected chi connectivity index (χ2v) is 6.59. The Labute approximate surface area is 129 Å². The summed E-state index contributed by atoms with van der Waals surface area (Å²) in [6.07, 6.45) is 2.96. The molecule has 2 rings (SSSR count). The zero-order valence-electron chi connectivity index (χ0n) is 11.4.